The number of carbonyl (C=O) groups is 2. The summed E-state index contributed by atoms with van der Waals surface area (Å²) >= 11 is 0. The van der Waals surface area contributed by atoms with Gasteiger partial charge in [0.15, 0.2) is 0 Å². The molecule has 4 heterocycles. The summed E-state index contributed by atoms with van der Waals surface area (Å²) in [6.07, 6.45) is 5.12. The lowest BCUT2D eigenvalue weighted by Crippen LogP contribution is -2.73. The maximum absolute atomic E-state index is 14.6. The predicted molar refractivity (Wildman–Crippen MR) is 301 cm³/mol. The maximum atomic E-state index is 14.6. The van der Waals surface area contributed by atoms with Gasteiger partial charge >= 0.3 is 11.9 Å². The normalized spacial score (nSPS) is 28.1. The molecular weight excluding hydrogens is 989 g/mol. The summed E-state index contributed by atoms with van der Waals surface area (Å²) in [7, 11) is 0. The molecule has 12 atom stereocenters. The summed E-state index contributed by atoms with van der Waals surface area (Å²) in [6.45, 7) is 5.27. The number of unbranched alkanes of at least 4 members (excludes halogenated alkanes) is 1. The highest BCUT2D eigenvalue weighted by Crippen LogP contribution is 2.54. The van der Waals surface area contributed by atoms with E-state index in [4.69, 9.17) is 0 Å². The second-order valence-corrected chi connectivity index (χ2v) is 23.5. The lowest BCUT2D eigenvalue weighted by Gasteiger charge is -2.59. The van der Waals surface area contributed by atoms with Crippen molar-refractivity contribution in [1.82, 2.24) is 10.6 Å². The Hall–Kier alpha value is -4.92. The van der Waals surface area contributed by atoms with Crippen LogP contribution in [0.25, 0.3) is 0 Å². The molecule has 0 radical (unpaired) electrons. The zero-order chi connectivity index (χ0) is 56.2. The van der Waals surface area contributed by atoms with Gasteiger partial charge in [0.2, 0.25) is 0 Å². The van der Waals surface area contributed by atoms with Crippen molar-refractivity contribution in [2.24, 2.45) is 11.8 Å². The smallest absolute Gasteiger partial charge is 0.303 e. The van der Waals surface area contributed by atoms with Crippen molar-refractivity contribution in [3.05, 3.63) is 123 Å². The van der Waals surface area contributed by atoms with Crippen molar-refractivity contribution in [2.75, 3.05) is 6.61 Å². The second-order valence-electron chi connectivity index (χ2n) is 23.5. The minimum absolute atomic E-state index is 0.0472. The number of hydrogen-bond acceptors (Lipinski definition) is 12. The van der Waals surface area contributed by atoms with Crippen LogP contribution < -0.4 is 10.6 Å². The number of benzene rings is 3. The molecule has 3 aromatic carbocycles. The number of phenols is 1. The van der Waals surface area contributed by atoms with E-state index in [1.165, 1.54) is 0 Å². The van der Waals surface area contributed by atoms with Gasteiger partial charge in [-0.05, 0) is 166 Å². The zero-order valence-electron chi connectivity index (χ0n) is 46.1. The molecule has 6 bridgehead atoms. The molecule has 14 nitrogen and oxygen atoms in total. The predicted octanol–water partition coefficient (Wildman–Crippen LogP) is 7.10. The first kappa shape index (κ1) is 60.7. The molecule has 0 amide bonds. The molecule has 12 unspecified atom stereocenters. The van der Waals surface area contributed by atoms with Crippen LogP contribution in [0.5, 0.6) is 5.75 Å². The quantitative estimate of drug-likeness (QED) is 0.0602. The van der Waals surface area contributed by atoms with Gasteiger partial charge in [0, 0.05) is 41.9 Å². The molecule has 1 saturated carbocycles. The van der Waals surface area contributed by atoms with E-state index in [-0.39, 0.29) is 69.6 Å². The standard InChI is InChI=1S/C64H88N2O12/c1-4-5-15-55(70)56(71)29-21-45-20-19-44-13-8-7-12-43(44)14-11-34-64(62(3,78)63(32-9-6-10-33-63)48-23-25-49(68)26-24-48)39-42-17-18-47(46(35-42)22-31-59(74)75)36-58(73)51-27-16-41(2)65-61(53(51)38-60(76)77)57(72)30-28-54(66-64)52(45)37-50(69)40-67/h7-8,12-13,17-18,21,23-26,29,35,41,50-51,53-58,61,65-73,78H,4-6,9-10,15-16,19-20,22,27-28,30-34,36-40H2,1-3H3,(H,74,75)(H,76,77). The molecule has 12 N–H and O–H groups in total. The number of nitrogens with one attached hydrogen (secondary N) is 2. The van der Waals surface area contributed by atoms with E-state index < -0.39 is 89.5 Å². The molecule has 4 aliphatic heterocycles. The highest BCUT2D eigenvalue weighted by molar-refractivity contribution is 5.67. The topological polar surface area (TPSA) is 260 Å². The summed E-state index contributed by atoms with van der Waals surface area (Å²) in [5, 5.41) is 124. The Labute approximate surface area is 461 Å². The van der Waals surface area contributed by atoms with Gasteiger partial charge in [-0.15, -0.1) is 0 Å². The first-order valence-corrected chi connectivity index (χ1v) is 28.9. The minimum Gasteiger partial charge on any atom is -0.508 e. The van der Waals surface area contributed by atoms with Gasteiger partial charge in [-0.3, -0.25) is 9.59 Å². The average molecular weight is 1080 g/mol. The molecule has 426 valence electrons. The number of aliphatic hydroxyl groups is 7. The summed E-state index contributed by atoms with van der Waals surface area (Å²) in [4.78, 5) is 25.3. The molecule has 1 saturated heterocycles. The highest BCUT2D eigenvalue weighted by Gasteiger charge is 2.60. The van der Waals surface area contributed by atoms with Crippen LogP contribution in [-0.4, -0.2) is 129 Å². The Bertz CT molecular complexity index is 2600. The fraction of sp³-hybridized carbons (Fsp3) is 0.594. The van der Waals surface area contributed by atoms with Crippen molar-refractivity contribution in [1.29, 1.82) is 0 Å². The van der Waals surface area contributed by atoms with Crippen molar-refractivity contribution in [3.63, 3.8) is 0 Å². The molecule has 14 heteroatoms. The lowest BCUT2D eigenvalue weighted by atomic mass is 9.52. The molecule has 5 aliphatic rings. The maximum Gasteiger partial charge on any atom is 0.303 e. The number of allylic oxidation sites excluding steroid dienone is 2. The first-order valence-electron chi connectivity index (χ1n) is 28.9. The molecular formula is C64H88N2O12. The van der Waals surface area contributed by atoms with Gasteiger partial charge in [0.05, 0.1) is 54.7 Å². The molecule has 0 spiro atoms. The summed E-state index contributed by atoms with van der Waals surface area (Å²) in [6, 6.07) is 19.0. The number of aromatic hydroxyl groups is 1. The second kappa shape index (κ2) is 27.5. The average Bonchev–Trinajstić information content (AvgIpc) is 3.76. The van der Waals surface area contributed by atoms with E-state index in [9.17, 15) is 60.7 Å². The van der Waals surface area contributed by atoms with Crippen LogP contribution in [0, 0.1) is 23.7 Å². The zero-order valence-corrected chi connectivity index (χ0v) is 46.1. The van der Waals surface area contributed by atoms with Gasteiger partial charge < -0.3 is 61.7 Å². The van der Waals surface area contributed by atoms with Gasteiger partial charge in [0.1, 0.15) is 5.75 Å². The Kier molecular flexibility index (Phi) is 21.4. The van der Waals surface area contributed by atoms with Gasteiger partial charge in [-0.25, -0.2) is 0 Å². The van der Waals surface area contributed by atoms with Crippen molar-refractivity contribution in [3.8, 4) is 17.6 Å². The number of aryl methyl sites for hydroxylation is 2. The van der Waals surface area contributed by atoms with Gasteiger partial charge in [0.25, 0.3) is 0 Å². The number of rotatable bonds is 17. The number of carboxylic acids is 2. The Morgan fingerprint density at radius 2 is 1.64 bits per heavy atom. The van der Waals surface area contributed by atoms with E-state index in [0.717, 1.165) is 47.9 Å². The van der Waals surface area contributed by atoms with Crippen LogP contribution in [0.1, 0.15) is 163 Å². The lowest BCUT2D eigenvalue weighted by molar-refractivity contribution is -0.140. The summed E-state index contributed by atoms with van der Waals surface area (Å²) in [5.74, 6) is 3.82. The van der Waals surface area contributed by atoms with Crippen LogP contribution in [0.4, 0.5) is 0 Å². The molecule has 3 aromatic rings. The molecule has 1 aliphatic carbocycles. The Morgan fingerprint density at radius 3 is 2.35 bits per heavy atom. The van der Waals surface area contributed by atoms with E-state index in [2.05, 4.69) is 22.5 Å². The first-order chi connectivity index (χ1) is 37.3. The van der Waals surface area contributed by atoms with E-state index >= 15 is 0 Å². The number of aliphatic carboxylic acids is 2. The summed E-state index contributed by atoms with van der Waals surface area (Å²) < 4.78 is 0. The Balaban J connectivity index is 1.59. The SMILES string of the molecule is CCCCC(O)C(O)C=CC1=C(CC(O)CO)C2CCC(O)C3NC(C)CCC(C(O)Cc4ccc(cc4CCC(=O)O)CC(C(C)(O)C4(c5ccc(O)cc5)CCCCC4)(CC#Cc4ccccc4CC1)N2)C3CC(=O)O. The molecule has 2 fully saturated rings. The highest BCUT2D eigenvalue weighted by atomic mass is 16.4. The van der Waals surface area contributed by atoms with Crippen LogP contribution in [0.15, 0.2) is 90.0 Å². The molecule has 78 heavy (non-hydrogen) atoms. The molecule has 8 rings (SSSR count). The third-order valence-electron chi connectivity index (χ3n) is 18.3. The number of aliphatic hydroxyl groups excluding tert-OH is 6. The monoisotopic (exact) mass is 1080 g/mol. The number of hydrogen-bond donors (Lipinski definition) is 12. The van der Waals surface area contributed by atoms with E-state index in [1.807, 2.05) is 75.4 Å². The molecule has 0 aromatic heterocycles. The third-order valence-corrected chi connectivity index (χ3v) is 18.3. The summed E-state index contributed by atoms with van der Waals surface area (Å²) in [5.41, 5.74) is 1.89. The van der Waals surface area contributed by atoms with Gasteiger partial charge in [-0.2, -0.15) is 0 Å². The number of fused-ring (bicyclic) bond motifs is 6. The van der Waals surface area contributed by atoms with Crippen LogP contribution >= 0.6 is 0 Å². The van der Waals surface area contributed by atoms with Crippen molar-refractivity contribution >= 4 is 11.9 Å². The van der Waals surface area contributed by atoms with E-state index in [1.54, 1.807) is 24.3 Å². The van der Waals surface area contributed by atoms with Crippen LogP contribution in [0.3, 0.4) is 0 Å². The third kappa shape index (κ3) is 14.5. The van der Waals surface area contributed by atoms with Crippen LogP contribution in [0.2, 0.25) is 0 Å². The fourth-order valence-electron chi connectivity index (χ4n) is 13.8. The number of phenolic OH excluding ortho intramolecular Hbond substituents is 1. The van der Waals surface area contributed by atoms with Crippen molar-refractivity contribution < 1.29 is 60.7 Å². The van der Waals surface area contributed by atoms with E-state index in [0.29, 0.717) is 73.6 Å². The van der Waals surface area contributed by atoms with Crippen molar-refractivity contribution in [2.45, 2.75) is 221 Å². The minimum atomic E-state index is -1.73. The number of carboxylic acid groups (broad SMARTS) is 2. The van der Waals surface area contributed by atoms with Gasteiger partial charge in [-0.1, -0.05) is 112 Å². The fourth-order valence-corrected chi connectivity index (χ4v) is 13.8. The largest absolute Gasteiger partial charge is 0.508 e. The van der Waals surface area contributed by atoms with Crippen LogP contribution in [-0.2, 0) is 40.7 Å². The Morgan fingerprint density at radius 1 is 0.897 bits per heavy atom.